The maximum atomic E-state index is 14.0. The first-order chi connectivity index (χ1) is 13.1. The van der Waals surface area contributed by atoms with E-state index in [0.29, 0.717) is 15.4 Å². The lowest BCUT2D eigenvalue weighted by atomic mass is 10.2. The van der Waals surface area contributed by atoms with Crippen molar-refractivity contribution in [2.45, 2.75) is 6.54 Å². The van der Waals surface area contributed by atoms with Crippen LogP contribution in [0.2, 0.25) is 0 Å². The number of carbonyl (C=O) groups is 1. The predicted octanol–water partition coefficient (Wildman–Crippen LogP) is 4.82. The first-order valence-corrected chi connectivity index (χ1v) is 8.95. The van der Waals surface area contributed by atoms with E-state index in [1.165, 1.54) is 46.6 Å². The topological polar surface area (TPSA) is 46.1 Å². The summed E-state index contributed by atoms with van der Waals surface area (Å²) >= 11 is 1.22. The molecule has 0 saturated heterocycles. The van der Waals surface area contributed by atoms with E-state index in [1.807, 2.05) is 6.07 Å². The fourth-order valence-corrected chi connectivity index (χ4v) is 3.65. The monoisotopic (exact) mass is 381 g/mol. The molecule has 0 aliphatic rings. The van der Waals surface area contributed by atoms with E-state index in [0.717, 1.165) is 5.56 Å². The molecule has 0 bridgehead atoms. The summed E-state index contributed by atoms with van der Waals surface area (Å²) in [4.78, 5) is 22.9. The van der Waals surface area contributed by atoms with Crippen molar-refractivity contribution >= 4 is 32.6 Å². The molecule has 0 N–H and O–H groups in total. The van der Waals surface area contributed by atoms with Crippen molar-refractivity contribution in [1.29, 1.82) is 0 Å². The van der Waals surface area contributed by atoms with Gasteiger partial charge in [-0.2, -0.15) is 0 Å². The minimum Gasteiger partial charge on any atom is -0.279 e. The smallest absolute Gasteiger partial charge is 0.260 e. The number of pyridine rings is 1. The quantitative estimate of drug-likeness (QED) is 0.509. The number of fused-ring (bicyclic) bond motifs is 1. The minimum atomic E-state index is -0.439. The lowest BCUT2D eigenvalue weighted by molar-refractivity contribution is 0.0985. The van der Waals surface area contributed by atoms with Crippen LogP contribution in [0.25, 0.3) is 10.2 Å². The minimum absolute atomic E-state index is 0.214. The summed E-state index contributed by atoms with van der Waals surface area (Å²) in [7, 11) is 0. The van der Waals surface area contributed by atoms with E-state index in [4.69, 9.17) is 0 Å². The molecule has 2 aromatic heterocycles. The SMILES string of the molecule is O=C(c1ccc(F)cc1)N(Cc1cccnc1)c1nc2c(F)cccc2s1. The Hall–Kier alpha value is -3.19. The molecule has 0 radical (unpaired) electrons. The number of anilines is 1. The molecule has 0 aliphatic carbocycles. The number of carbonyl (C=O) groups excluding carboxylic acids is 1. The molecule has 4 aromatic rings. The third-order valence-electron chi connectivity index (χ3n) is 3.99. The van der Waals surface area contributed by atoms with Crippen LogP contribution in [0.1, 0.15) is 15.9 Å². The van der Waals surface area contributed by atoms with Gasteiger partial charge in [0, 0.05) is 18.0 Å². The predicted molar refractivity (Wildman–Crippen MR) is 101 cm³/mol. The molecule has 2 aromatic carbocycles. The van der Waals surface area contributed by atoms with Crippen LogP contribution in [0.3, 0.4) is 0 Å². The molecule has 0 fully saturated rings. The summed E-state index contributed by atoms with van der Waals surface area (Å²) < 4.78 is 27.9. The first kappa shape index (κ1) is 17.2. The van der Waals surface area contributed by atoms with Crippen molar-refractivity contribution < 1.29 is 13.6 Å². The molecule has 4 rings (SSSR count). The molecule has 0 atom stereocenters. The van der Waals surface area contributed by atoms with E-state index >= 15 is 0 Å². The molecule has 27 heavy (non-hydrogen) atoms. The Morgan fingerprint density at radius 2 is 1.85 bits per heavy atom. The second-order valence-electron chi connectivity index (χ2n) is 5.84. The summed E-state index contributed by atoms with van der Waals surface area (Å²) in [6, 6.07) is 13.6. The number of nitrogens with zero attached hydrogens (tertiary/aromatic N) is 3. The number of aromatic nitrogens is 2. The van der Waals surface area contributed by atoms with E-state index in [-0.39, 0.29) is 18.0 Å². The number of para-hydroxylation sites is 1. The number of amides is 1. The molecule has 0 unspecified atom stereocenters. The lowest BCUT2D eigenvalue weighted by Gasteiger charge is -2.20. The molecule has 0 spiro atoms. The fourth-order valence-electron chi connectivity index (χ4n) is 2.67. The van der Waals surface area contributed by atoms with Gasteiger partial charge in [-0.3, -0.25) is 14.7 Å². The number of benzene rings is 2. The standard InChI is InChI=1S/C20H13F2N3OS/c21-15-8-6-14(7-9-15)19(26)25(12-13-3-2-10-23-11-13)20-24-18-16(22)4-1-5-17(18)27-20/h1-11H,12H2. The second kappa shape index (κ2) is 7.20. The number of hydrogen-bond acceptors (Lipinski definition) is 4. The van der Waals surface area contributed by atoms with E-state index < -0.39 is 11.6 Å². The summed E-state index contributed by atoms with van der Waals surface area (Å²) in [6.45, 7) is 0.214. The zero-order valence-corrected chi connectivity index (χ0v) is 14.8. The molecule has 134 valence electrons. The van der Waals surface area contributed by atoms with Gasteiger partial charge in [0.15, 0.2) is 5.13 Å². The summed E-state index contributed by atoms with van der Waals surface area (Å²) in [6.07, 6.45) is 3.29. The van der Waals surface area contributed by atoms with Gasteiger partial charge in [-0.05, 0) is 48.0 Å². The molecule has 2 heterocycles. The van der Waals surface area contributed by atoms with Crippen molar-refractivity contribution in [2.75, 3.05) is 4.90 Å². The van der Waals surface area contributed by atoms with Crippen molar-refractivity contribution in [3.63, 3.8) is 0 Å². The Kier molecular flexibility index (Phi) is 4.60. The van der Waals surface area contributed by atoms with Gasteiger partial charge in [0.25, 0.3) is 5.91 Å². The van der Waals surface area contributed by atoms with Crippen LogP contribution in [-0.4, -0.2) is 15.9 Å². The van der Waals surface area contributed by atoms with Crippen LogP contribution >= 0.6 is 11.3 Å². The van der Waals surface area contributed by atoms with Crippen LogP contribution in [-0.2, 0) is 6.54 Å². The van der Waals surface area contributed by atoms with Gasteiger partial charge in [0.05, 0.1) is 11.2 Å². The maximum Gasteiger partial charge on any atom is 0.260 e. The Labute approximate surface area is 157 Å². The van der Waals surface area contributed by atoms with Crippen LogP contribution in [0.5, 0.6) is 0 Å². The number of rotatable bonds is 4. The lowest BCUT2D eigenvalue weighted by Crippen LogP contribution is -2.30. The zero-order valence-electron chi connectivity index (χ0n) is 14.0. The highest BCUT2D eigenvalue weighted by Crippen LogP contribution is 2.32. The van der Waals surface area contributed by atoms with Crippen LogP contribution in [0.4, 0.5) is 13.9 Å². The van der Waals surface area contributed by atoms with Crippen LogP contribution in [0, 0.1) is 11.6 Å². The summed E-state index contributed by atoms with van der Waals surface area (Å²) in [5.74, 6) is -1.21. The third-order valence-corrected chi connectivity index (χ3v) is 5.03. The maximum absolute atomic E-state index is 14.0. The van der Waals surface area contributed by atoms with Gasteiger partial charge in [-0.1, -0.05) is 23.5 Å². The largest absolute Gasteiger partial charge is 0.279 e. The normalized spacial score (nSPS) is 10.9. The average Bonchev–Trinajstić information content (AvgIpc) is 3.12. The van der Waals surface area contributed by atoms with Gasteiger partial charge >= 0.3 is 0 Å². The first-order valence-electron chi connectivity index (χ1n) is 8.13. The van der Waals surface area contributed by atoms with Crippen molar-refractivity contribution in [3.8, 4) is 0 Å². The van der Waals surface area contributed by atoms with Crippen LogP contribution < -0.4 is 4.90 Å². The number of hydrogen-bond donors (Lipinski definition) is 0. The average molecular weight is 381 g/mol. The Morgan fingerprint density at radius 3 is 2.56 bits per heavy atom. The Balaban J connectivity index is 1.78. The van der Waals surface area contributed by atoms with E-state index in [1.54, 1.807) is 30.6 Å². The van der Waals surface area contributed by atoms with Gasteiger partial charge in [0.1, 0.15) is 17.2 Å². The van der Waals surface area contributed by atoms with Gasteiger partial charge in [0.2, 0.25) is 0 Å². The number of halogens is 2. The Bertz CT molecular complexity index is 1100. The molecule has 0 aliphatic heterocycles. The highest BCUT2D eigenvalue weighted by atomic mass is 32.1. The second-order valence-corrected chi connectivity index (χ2v) is 6.85. The van der Waals surface area contributed by atoms with Crippen LogP contribution in [0.15, 0.2) is 67.0 Å². The highest BCUT2D eigenvalue weighted by Gasteiger charge is 2.22. The molecule has 7 heteroatoms. The van der Waals surface area contributed by atoms with Crippen molar-refractivity contribution in [1.82, 2.24) is 9.97 Å². The van der Waals surface area contributed by atoms with E-state index in [9.17, 15) is 13.6 Å². The zero-order chi connectivity index (χ0) is 18.8. The number of thiazole rings is 1. The molecule has 4 nitrogen and oxygen atoms in total. The van der Waals surface area contributed by atoms with E-state index in [2.05, 4.69) is 9.97 Å². The summed E-state index contributed by atoms with van der Waals surface area (Å²) in [5, 5.41) is 0.369. The molecule has 0 saturated carbocycles. The summed E-state index contributed by atoms with van der Waals surface area (Å²) in [5.41, 5.74) is 1.34. The van der Waals surface area contributed by atoms with Crippen molar-refractivity contribution in [3.05, 3.63) is 89.8 Å². The highest BCUT2D eigenvalue weighted by molar-refractivity contribution is 7.22. The van der Waals surface area contributed by atoms with Gasteiger partial charge < -0.3 is 0 Å². The van der Waals surface area contributed by atoms with Gasteiger partial charge in [-0.15, -0.1) is 0 Å². The molecule has 1 amide bonds. The third kappa shape index (κ3) is 3.54. The molecular formula is C20H13F2N3OS. The fraction of sp³-hybridized carbons (Fsp3) is 0.0500. The Morgan fingerprint density at radius 1 is 1.04 bits per heavy atom. The van der Waals surface area contributed by atoms with Gasteiger partial charge in [-0.25, -0.2) is 13.8 Å². The molecular weight excluding hydrogens is 368 g/mol. The van der Waals surface area contributed by atoms with Crippen molar-refractivity contribution in [2.24, 2.45) is 0 Å².